The number of aromatic nitrogens is 1. The molecule has 0 saturated carbocycles. The van der Waals surface area contributed by atoms with Gasteiger partial charge in [-0.15, -0.1) is 0 Å². The lowest BCUT2D eigenvalue weighted by atomic mass is 10.6. The Morgan fingerprint density at radius 2 is 2.19 bits per heavy atom. The fourth-order valence-electron chi connectivity index (χ4n) is 0.882. The monoisotopic (exact) mass is 286 g/mol. The highest BCUT2D eigenvalue weighted by Crippen LogP contribution is 2.26. The van der Waals surface area contributed by atoms with Crippen LogP contribution in [0.1, 0.15) is 5.69 Å². The van der Waals surface area contributed by atoms with E-state index in [9.17, 15) is 8.42 Å². The first-order valence-corrected chi connectivity index (χ1v) is 6.90. The van der Waals surface area contributed by atoms with Gasteiger partial charge in [-0.25, -0.2) is 13.4 Å². The van der Waals surface area contributed by atoms with Gasteiger partial charge in [-0.3, -0.25) is 4.84 Å². The van der Waals surface area contributed by atoms with Gasteiger partial charge in [-0.2, -0.15) is 0 Å². The molecule has 0 saturated heterocycles. The van der Waals surface area contributed by atoms with Gasteiger partial charge in [-0.1, -0.05) is 27.8 Å². The highest BCUT2D eigenvalue weighted by atomic mass is 35.5. The Balaban J connectivity index is 2.67. The molecular weight excluding hydrogens is 276 g/mol. The van der Waals surface area contributed by atoms with Crippen molar-refractivity contribution in [2.24, 2.45) is 0 Å². The van der Waals surface area contributed by atoms with Crippen LogP contribution in [0.15, 0.2) is 4.21 Å². The van der Waals surface area contributed by atoms with E-state index in [2.05, 4.69) is 4.98 Å². The standard InChI is InChI=1S/C7H11ClN2O4S2/c1-5-6(15-7(8)9-5)16(11,12)10-14-4-3-13-2/h10H,3-4H2,1-2H3. The minimum absolute atomic E-state index is 0.0508. The molecule has 0 atom stereocenters. The fourth-order valence-corrected chi connectivity index (χ4v) is 3.43. The van der Waals surface area contributed by atoms with Gasteiger partial charge >= 0.3 is 0 Å². The third-order valence-corrected chi connectivity index (χ3v) is 4.62. The van der Waals surface area contributed by atoms with Crippen molar-refractivity contribution in [3.8, 4) is 0 Å². The maximum Gasteiger partial charge on any atom is 0.273 e. The molecule has 9 heteroatoms. The van der Waals surface area contributed by atoms with Gasteiger partial charge in [0.2, 0.25) is 0 Å². The van der Waals surface area contributed by atoms with Crippen LogP contribution >= 0.6 is 22.9 Å². The van der Waals surface area contributed by atoms with Crippen molar-refractivity contribution in [1.29, 1.82) is 0 Å². The lowest BCUT2D eigenvalue weighted by Gasteiger charge is -2.04. The molecule has 0 amide bonds. The summed E-state index contributed by atoms with van der Waals surface area (Å²) in [7, 11) is -2.22. The summed E-state index contributed by atoms with van der Waals surface area (Å²) < 4.78 is 28.3. The number of nitrogens with one attached hydrogen (secondary N) is 1. The molecule has 0 unspecified atom stereocenters. The van der Waals surface area contributed by atoms with Crippen molar-refractivity contribution in [1.82, 2.24) is 9.87 Å². The van der Waals surface area contributed by atoms with Crippen molar-refractivity contribution < 1.29 is 18.0 Å². The largest absolute Gasteiger partial charge is 0.382 e. The number of methoxy groups -OCH3 is 1. The van der Waals surface area contributed by atoms with Crippen LogP contribution in [0, 0.1) is 6.92 Å². The van der Waals surface area contributed by atoms with E-state index in [-0.39, 0.29) is 15.3 Å². The van der Waals surface area contributed by atoms with Crippen molar-refractivity contribution in [3.05, 3.63) is 10.2 Å². The Labute approximate surface area is 103 Å². The quantitative estimate of drug-likeness (QED) is 0.622. The number of ether oxygens (including phenoxy) is 1. The highest BCUT2D eigenvalue weighted by Gasteiger charge is 2.21. The minimum atomic E-state index is -3.71. The Bertz CT molecular complexity index is 445. The number of sulfonamides is 1. The lowest BCUT2D eigenvalue weighted by molar-refractivity contribution is 0.0439. The Morgan fingerprint density at radius 1 is 1.50 bits per heavy atom. The first-order valence-electron chi connectivity index (χ1n) is 4.23. The summed E-state index contributed by atoms with van der Waals surface area (Å²) in [5.74, 6) is 0. The van der Waals surface area contributed by atoms with Gasteiger partial charge in [0.05, 0.1) is 18.9 Å². The summed E-state index contributed by atoms with van der Waals surface area (Å²) >= 11 is 6.49. The molecule has 0 radical (unpaired) electrons. The molecule has 1 N–H and O–H groups in total. The average molecular weight is 287 g/mol. The zero-order valence-electron chi connectivity index (χ0n) is 8.69. The second-order valence-corrected chi connectivity index (χ2v) is 6.19. The number of nitrogens with zero attached hydrogens (tertiary/aromatic N) is 1. The first-order chi connectivity index (χ1) is 7.47. The zero-order valence-corrected chi connectivity index (χ0v) is 11.1. The van der Waals surface area contributed by atoms with Gasteiger partial charge in [0.1, 0.15) is 0 Å². The maximum absolute atomic E-state index is 11.7. The summed E-state index contributed by atoms with van der Waals surface area (Å²) in [4.78, 5) is 10.5. The van der Waals surface area contributed by atoms with E-state index in [0.717, 1.165) is 11.3 Å². The number of rotatable bonds is 6. The molecule has 0 aliphatic rings. The predicted molar refractivity (Wildman–Crippen MR) is 60.0 cm³/mol. The number of hydrogen-bond donors (Lipinski definition) is 1. The highest BCUT2D eigenvalue weighted by molar-refractivity contribution is 7.91. The molecule has 0 spiro atoms. The lowest BCUT2D eigenvalue weighted by Crippen LogP contribution is -2.25. The molecule has 1 aromatic rings. The van der Waals surface area contributed by atoms with E-state index in [4.69, 9.17) is 21.2 Å². The minimum Gasteiger partial charge on any atom is -0.382 e. The van der Waals surface area contributed by atoms with Crippen molar-refractivity contribution in [2.75, 3.05) is 20.3 Å². The third kappa shape index (κ3) is 3.65. The third-order valence-electron chi connectivity index (χ3n) is 1.53. The summed E-state index contributed by atoms with van der Waals surface area (Å²) in [6.07, 6.45) is 0. The molecule has 0 aliphatic heterocycles. The van der Waals surface area contributed by atoms with Crippen LogP contribution in [0.3, 0.4) is 0 Å². The van der Waals surface area contributed by atoms with E-state index in [1.165, 1.54) is 7.11 Å². The molecule has 6 nitrogen and oxygen atoms in total. The molecule has 1 aromatic heterocycles. The Morgan fingerprint density at radius 3 is 2.69 bits per heavy atom. The van der Waals surface area contributed by atoms with Gasteiger partial charge < -0.3 is 4.74 Å². The second kappa shape index (κ2) is 5.89. The van der Waals surface area contributed by atoms with E-state index >= 15 is 0 Å². The predicted octanol–water partition coefficient (Wildman–Crippen LogP) is 0.961. The Kier molecular flexibility index (Phi) is 5.09. The van der Waals surface area contributed by atoms with E-state index < -0.39 is 10.0 Å². The van der Waals surface area contributed by atoms with Crippen molar-refractivity contribution in [2.45, 2.75) is 11.1 Å². The van der Waals surface area contributed by atoms with Gasteiger partial charge in [0.15, 0.2) is 8.68 Å². The maximum atomic E-state index is 11.7. The molecule has 16 heavy (non-hydrogen) atoms. The van der Waals surface area contributed by atoms with Gasteiger partial charge in [0, 0.05) is 7.11 Å². The molecule has 0 bridgehead atoms. The first kappa shape index (κ1) is 13.8. The SMILES string of the molecule is COCCONS(=O)(=O)c1sc(Cl)nc1C. The summed E-state index contributed by atoms with van der Waals surface area (Å²) in [6, 6.07) is 0. The number of halogens is 1. The topological polar surface area (TPSA) is 77.5 Å². The summed E-state index contributed by atoms with van der Waals surface area (Å²) in [6.45, 7) is 1.98. The molecular formula is C7H11ClN2O4S2. The molecule has 0 aliphatic carbocycles. The van der Waals surface area contributed by atoms with E-state index in [1.807, 2.05) is 4.89 Å². The fraction of sp³-hybridized carbons (Fsp3) is 0.571. The van der Waals surface area contributed by atoms with Crippen LogP contribution in [0.5, 0.6) is 0 Å². The summed E-state index contributed by atoms with van der Waals surface area (Å²) in [5.41, 5.74) is 0.345. The Hall–Kier alpha value is -0.250. The number of aryl methyl sites for hydroxylation is 1. The van der Waals surface area contributed by atoms with Crippen LogP contribution in [0.4, 0.5) is 0 Å². The second-order valence-electron chi connectivity index (χ2n) is 2.77. The van der Waals surface area contributed by atoms with Gasteiger partial charge in [-0.05, 0) is 6.92 Å². The zero-order chi connectivity index (χ0) is 12.2. The van der Waals surface area contributed by atoms with Crippen LogP contribution < -0.4 is 4.89 Å². The van der Waals surface area contributed by atoms with Crippen LogP contribution in [-0.4, -0.2) is 33.7 Å². The number of hydrogen-bond acceptors (Lipinski definition) is 6. The normalized spacial score (nSPS) is 11.9. The molecule has 1 heterocycles. The van der Waals surface area contributed by atoms with Crippen molar-refractivity contribution >= 4 is 33.0 Å². The number of thiazole rings is 1. The van der Waals surface area contributed by atoms with Crippen LogP contribution in [0.2, 0.25) is 4.47 Å². The van der Waals surface area contributed by atoms with Crippen LogP contribution in [-0.2, 0) is 19.6 Å². The van der Waals surface area contributed by atoms with E-state index in [0.29, 0.717) is 12.3 Å². The molecule has 0 aromatic carbocycles. The summed E-state index contributed by atoms with van der Waals surface area (Å²) in [5, 5.41) is 0. The average Bonchev–Trinajstić information content (AvgIpc) is 2.53. The molecule has 0 fully saturated rings. The van der Waals surface area contributed by atoms with Gasteiger partial charge in [0.25, 0.3) is 10.0 Å². The smallest absolute Gasteiger partial charge is 0.273 e. The molecule has 1 rings (SSSR count). The van der Waals surface area contributed by atoms with Crippen molar-refractivity contribution in [3.63, 3.8) is 0 Å². The molecule has 92 valence electrons. The van der Waals surface area contributed by atoms with E-state index in [1.54, 1.807) is 6.92 Å². The van der Waals surface area contributed by atoms with Crippen LogP contribution in [0.25, 0.3) is 0 Å².